The third kappa shape index (κ3) is 3.11. The molecule has 0 unspecified atom stereocenters. The first kappa shape index (κ1) is 14.4. The number of hydrogen-bond acceptors (Lipinski definition) is 3. The van der Waals surface area contributed by atoms with Crippen molar-refractivity contribution in [2.75, 3.05) is 5.73 Å². The summed E-state index contributed by atoms with van der Waals surface area (Å²) in [5.74, 6) is -1.06. The summed E-state index contributed by atoms with van der Waals surface area (Å²) in [5, 5.41) is -0.129. The van der Waals surface area contributed by atoms with E-state index in [1.807, 2.05) is 0 Å². The minimum atomic E-state index is -4.63. The number of alkyl halides is 3. The van der Waals surface area contributed by atoms with Crippen LogP contribution in [0, 0.1) is 5.82 Å². The fourth-order valence-electron chi connectivity index (χ4n) is 1.36. The topological polar surface area (TPSA) is 48.1 Å². The average molecular weight is 307 g/mol. The lowest BCUT2D eigenvalue weighted by molar-refractivity contribution is -0.141. The largest absolute Gasteiger partial charge is 0.455 e. The second-order valence-corrected chi connectivity index (χ2v) is 4.19. The fraction of sp³-hybridized carbons (Fsp3) is 0.0833. The van der Waals surface area contributed by atoms with Gasteiger partial charge in [-0.05, 0) is 12.1 Å². The van der Waals surface area contributed by atoms with Gasteiger partial charge in [0.15, 0.2) is 5.75 Å². The van der Waals surface area contributed by atoms with Gasteiger partial charge in [0.2, 0.25) is 0 Å². The Morgan fingerprint density at radius 2 is 1.90 bits per heavy atom. The van der Waals surface area contributed by atoms with E-state index in [2.05, 4.69) is 4.98 Å². The van der Waals surface area contributed by atoms with Crippen LogP contribution in [0.1, 0.15) is 5.69 Å². The van der Waals surface area contributed by atoms with Gasteiger partial charge in [0.25, 0.3) is 0 Å². The number of hydrogen-bond donors (Lipinski definition) is 1. The fourth-order valence-corrected chi connectivity index (χ4v) is 1.48. The van der Waals surface area contributed by atoms with Crippen LogP contribution < -0.4 is 10.5 Å². The predicted molar refractivity (Wildman–Crippen MR) is 65.1 cm³/mol. The van der Waals surface area contributed by atoms with E-state index in [1.54, 1.807) is 0 Å². The number of aromatic nitrogens is 1. The number of pyridine rings is 1. The third-order valence-corrected chi connectivity index (χ3v) is 2.61. The van der Waals surface area contributed by atoms with Gasteiger partial charge in [-0.3, -0.25) is 0 Å². The summed E-state index contributed by atoms with van der Waals surface area (Å²) in [5.41, 5.74) is 4.21. The molecule has 1 aromatic heterocycles. The zero-order valence-corrected chi connectivity index (χ0v) is 10.5. The Balaban J connectivity index is 2.35. The van der Waals surface area contributed by atoms with Crippen molar-refractivity contribution in [1.82, 2.24) is 4.98 Å². The number of ether oxygens (including phenoxy) is 1. The standard InChI is InChI=1S/C12H7ClF4N2O/c13-7-2-1-6(3-8(7)14)20-10-4-11(12(15,16)17)19-5-9(10)18/h1-5H,18H2. The van der Waals surface area contributed by atoms with Gasteiger partial charge < -0.3 is 10.5 Å². The zero-order valence-electron chi connectivity index (χ0n) is 9.71. The van der Waals surface area contributed by atoms with E-state index in [-0.39, 0.29) is 22.2 Å². The van der Waals surface area contributed by atoms with Crippen molar-refractivity contribution < 1.29 is 22.3 Å². The van der Waals surface area contributed by atoms with Crippen molar-refractivity contribution in [3.8, 4) is 11.5 Å². The molecule has 0 saturated heterocycles. The maximum atomic E-state index is 13.2. The second kappa shape index (κ2) is 5.16. The first-order chi connectivity index (χ1) is 9.27. The number of nitrogens with two attached hydrogens (primary N) is 1. The van der Waals surface area contributed by atoms with E-state index in [0.717, 1.165) is 12.3 Å². The number of benzene rings is 1. The minimum absolute atomic E-state index is 0.0297. The molecule has 0 bridgehead atoms. The molecule has 8 heteroatoms. The van der Waals surface area contributed by atoms with Crippen LogP contribution in [0.5, 0.6) is 11.5 Å². The molecule has 1 aromatic carbocycles. The van der Waals surface area contributed by atoms with Crippen LogP contribution in [0.4, 0.5) is 23.2 Å². The molecule has 1 heterocycles. The Hall–Kier alpha value is -2.02. The molecule has 0 radical (unpaired) electrons. The smallest absolute Gasteiger partial charge is 0.433 e. The summed E-state index contributed by atoms with van der Waals surface area (Å²) >= 11 is 5.49. The molecule has 0 spiro atoms. The lowest BCUT2D eigenvalue weighted by atomic mass is 10.3. The molecule has 0 atom stereocenters. The van der Waals surface area contributed by atoms with Gasteiger partial charge >= 0.3 is 6.18 Å². The molecular weight excluding hydrogens is 300 g/mol. The van der Waals surface area contributed by atoms with Gasteiger partial charge in [0.1, 0.15) is 17.3 Å². The molecule has 2 aromatic rings. The second-order valence-electron chi connectivity index (χ2n) is 3.78. The molecule has 2 rings (SSSR count). The number of nitrogens with zero attached hydrogens (tertiary/aromatic N) is 1. The van der Waals surface area contributed by atoms with Crippen molar-refractivity contribution in [2.45, 2.75) is 6.18 Å². The van der Waals surface area contributed by atoms with Crippen molar-refractivity contribution in [1.29, 1.82) is 0 Å². The van der Waals surface area contributed by atoms with Gasteiger partial charge in [-0.1, -0.05) is 11.6 Å². The first-order valence-corrected chi connectivity index (χ1v) is 5.61. The summed E-state index contributed by atoms with van der Waals surface area (Å²) in [6.45, 7) is 0. The molecule has 0 saturated carbocycles. The van der Waals surface area contributed by atoms with E-state index in [1.165, 1.54) is 12.1 Å². The van der Waals surface area contributed by atoms with E-state index < -0.39 is 17.7 Å². The number of nitrogen functional groups attached to an aromatic ring is 1. The lowest BCUT2D eigenvalue weighted by Crippen LogP contribution is -2.08. The molecule has 20 heavy (non-hydrogen) atoms. The van der Waals surface area contributed by atoms with Gasteiger partial charge in [0.05, 0.1) is 16.9 Å². The molecule has 3 nitrogen and oxygen atoms in total. The molecule has 0 aliphatic heterocycles. The highest BCUT2D eigenvalue weighted by atomic mass is 35.5. The maximum Gasteiger partial charge on any atom is 0.433 e. The summed E-state index contributed by atoms with van der Waals surface area (Å²) in [6, 6.07) is 4.10. The van der Waals surface area contributed by atoms with Gasteiger partial charge in [-0.2, -0.15) is 13.2 Å². The van der Waals surface area contributed by atoms with E-state index in [9.17, 15) is 17.6 Å². The summed E-state index contributed by atoms with van der Waals surface area (Å²) < 4.78 is 55.9. The monoisotopic (exact) mass is 306 g/mol. The van der Waals surface area contributed by atoms with Crippen LogP contribution in [0.3, 0.4) is 0 Å². The normalized spacial score (nSPS) is 11.4. The van der Waals surface area contributed by atoms with Crippen LogP contribution >= 0.6 is 11.6 Å². The number of rotatable bonds is 2. The van der Waals surface area contributed by atoms with Crippen LogP contribution in [0.15, 0.2) is 30.5 Å². The molecule has 0 fully saturated rings. The highest BCUT2D eigenvalue weighted by Crippen LogP contribution is 2.34. The quantitative estimate of drug-likeness (QED) is 0.843. The van der Waals surface area contributed by atoms with Crippen LogP contribution in [0.25, 0.3) is 0 Å². The predicted octanol–water partition coefficient (Wildman–Crippen LogP) is 4.27. The first-order valence-electron chi connectivity index (χ1n) is 5.23. The zero-order chi connectivity index (χ0) is 14.9. The molecule has 0 aliphatic rings. The molecule has 0 aliphatic carbocycles. The Kier molecular flexibility index (Phi) is 3.71. The van der Waals surface area contributed by atoms with Crippen LogP contribution in [-0.4, -0.2) is 4.98 Å². The van der Waals surface area contributed by atoms with Crippen molar-refractivity contribution in [3.05, 3.63) is 47.0 Å². The van der Waals surface area contributed by atoms with Crippen molar-refractivity contribution in [3.63, 3.8) is 0 Å². The van der Waals surface area contributed by atoms with E-state index in [4.69, 9.17) is 22.1 Å². The van der Waals surface area contributed by atoms with Gasteiger partial charge in [-0.25, -0.2) is 9.37 Å². The highest BCUT2D eigenvalue weighted by molar-refractivity contribution is 6.30. The molecule has 2 N–H and O–H groups in total. The summed E-state index contributed by atoms with van der Waals surface area (Å²) in [4.78, 5) is 3.16. The lowest BCUT2D eigenvalue weighted by Gasteiger charge is -2.11. The number of anilines is 1. The van der Waals surface area contributed by atoms with Gasteiger partial charge in [0, 0.05) is 12.1 Å². The van der Waals surface area contributed by atoms with Crippen molar-refractivity contribution >= 4 is 17.3 Å². The van der Waals surface area contributed by atoms with Crippen LogP contribution in [-0.2, 0) is 6.18 Å². The number of halogens is 5. The van der Waals surface area contributed by atoms with Crippen LogP contribution in [0.2, 0.25) is 5.02 Å². The Morgan fingerprint density at radius 1 is 1.20 bits per heavy atom. The van der Waals surface area contributed by atoms with E-state index >= 15 is 0 Å². The highest BCUT2D eigenvalue weighted by Gasteiger charge is 2.33. The molecule has 0 amide bonds. The van der Waals surface area contributed by atoms with E-state index in [0.29, 0.717) is 6.07 Å². The minimum Gasteiger partial charge on any atom is -0.455 e. The maximum absolute atomic E-state index is 13.2. The molecule has 106 valence electrons. The SMILES string of the molecule is Nc1cnc(C(F)(F)F)cc1Oc1ccc(Cl)c(F)c1. The Bertz CT molecular complexity index is 646. The average Bonchev–Trinajstić information content (AvgIpc) is 2.35. The summed E-state index contributed by atoms with van der Waals surface area (Å²) in [7, 11) is 0. The van der Waals surface area contributed by atoms with Crippen molar-refractivity contribution in [2.24, 2.45) is 0 Å². The Morgan fingerprint density at radius 3 is 2.50 bits per heavy atom. The third-order valence-electron chi connectivity index (χ3n) is 2.30. The van der Waals surface area contributed by atoms with Gasteiger partial charge in [-0.15, -0.1) is 0 Å². The molecular formula is C12H7ClF4N2O. The Labute approximate surface area is 115 Å². The summed E-state index contributed by atoms with van der Waals surface area (Å²) in [6.07, 6.45) is -3.80.